The molecule has 26 heavy (non-hydrogen) atoms. The van der Waals surface area contributed by atoms with Crippen molar-refractivity contribution in [3.8, 4) is 5.75 Å². The van der Waals surface area contributed by atoms with E-state index in [1.165, 1.54) is 0 Å². The second kappa shape index (κ2) is 7.34. The SMILES string of the molecule is Nc1nc(Nc2ccc(OCCn3cccc3)cc2)ncc1C(F)(F)F. The molecule has 0 spiro atoms. The van der Waals surface area contributed by atoms with Crippen LogP contribution in [0.2, 0.25) is 0 Å². The van der Waals surface area contributed by atoms with Gasteiger partial charge in [0.25, 0.3) is 0 Å². The van der Waals surface area contributed by atoms with E-state index < -0.39 is 17.6 Å². The lowest BCUT2D eigenvalue weighted by Crippen LogP contribution is -2.12. The summed E-state index contributed by atoms with van der Waals surface area (Å²) < 4.78 is 45.6. The summed E-state index contributed by atoms with van der Waals surface area (Å²) in [4.78, 5) is 7.28. The maximum absolute atomic E-state index is 12.6. The van der Waals surface area contributed by atoms with Crippen LogP contribution in [-0.4, -0.2) is 21.1 Å². The minimum Gasteiger partial charge on any atom is -0.492 e. The fourth-order valence-corrected chi connectivity index (χ4v) is 2.23. The Labute approximate surface area is 147 Å². The Morgan fingerprint density at radius 3 is 2.42 bits per heavy atom. The van der Waals surface area contributed by atoms with Gasteiger partial charge in [-0.25, -0.2) is 4.98 Å². The maximum atomic E-state index is 12.6. The van der Waals surface area contributed by atoms with Crippen LogP contribution in [0, 0.1) is 0 Å². The standard InChI is InChI=1S/C17H16F3N5O/c18-17(19,20)14-11-22-16(24-15(14)21)23-12-3-5-13(6-4-12)26-10-9-25-7-1-2-8-25/h1-8,11H,9-10H2,(H3,21,22,23,24). The van der Waals surface area contributed by atoms with Crippen molar-refractivity contribution in [1.82, 2.24) is 14.5 Å². The van der Waals surface area contributed by atoms with E-state index in [2.05, 4.69) is 15.3 Å². The molecule has 6 nitrogen and oxygen atoms in total. The molecule has 0 amide bonds. The number of halogens is 3. The number of nitrogens with two attached hydrogens (primary N) is 1. The zero-order valence-corrected chi connectivity index (χ0v) is 13.6. The van der Waals surface area contributed by atoms with Crippen molar-refractivity contribution >= 4 is 17.5 Å². The van der Waals surface area contributed by atoms with Crippen molar-refractivity contribution in [1.29, 1.82) is 0 Å². The van der Waals surface area contributed by atoms with E-state index in [9.17, 15) is 13.2 Å². The van der Waals surface area contributed by atoms with E-state index in [-0.39, 0.29) is 5.95 Å². The quantitative estimate of drug-likeness (QED) is 0.698. The molecule has 0 saturated heterocycles. The molecular formula is C17H16F3N5O. The summed E-state index contributed by atoms with van der Waals surface area (Å²) in [5.74, 6) is 0.0345. The number of alkyl halides is 3. The third-order valence-corrected chi connectivity index (χ3v) is 3.52. The normalized spacial score (nSPS) is 11.3. The lowest BCUT2D eigenvalue weighted by atomic mass is 10.3. The number of rotatable bonds is 6. The van der Waals surface area contributed by atoms with Crippen molar-refractivity contribution in [2.45, 2.75) is 12.7 Å². The highest BCUT2D eigenvalue weighted by Gasteiger charge is 2.34. The van der Waals surface area contributed by atoms with Gasteiger partial charge in [-0.15, -0.1) is 0 Å². The Hall–Kier alpha value is -3.23. The number of ether oxygens (including phenoxy) is 1. The van der Waals surface area contributed by atoms with Crippen LogP contribution in [0.15, 0.2) is 55.0 Å². The molecular weight excluding hydrogens is 347 g/mol. The topological polar surface area (TPSA) is 78.0 Å². The molecule has 2 aromatic heterocycles. The molecule has 0 atom stereocenters. The Balaban J connectivity index is 1.58. The smallest absolute Gasteiger partial charge is 0.421 e. The fourth-order valence-electron chi connectivity index (χ4n) is 2.23. The van der Waals surface area contributed by atoms with Crippen LogP contribution < -0.4 is 15.8 Å². The first kappa shape index (κ1) is 17.6. The molecule has 0 unspecified atom stereocenters. The predicted molar refractivity (Wildman–Crippen MR) is 91.1 cm³/mol. The molecule has 0 aliphatic carbocycles. The van der Waals surface area contributed by atoms with Crippen LogP contribution in [0.4, 0.5) is 30.6 Å². The highest BCUT2D eigenvalue weighted by molar-refractivity contribution is 5.56. The zero-order valence-electron chi connectivity index (χ0n) is 13.6. The summed E-state index contributed by atoms with van der Waals surface area (Å²) in [6.45, 7) is 1.24. The molecule has 9 heteroatoms. The highest BCUT2D eigenvalue weighted by atomic mass is 19.4. The Morgan fingerprint density at radius 1 is 1.12 bits per heavy atom. The molecule has 136 valence electrons. The van der Waals surface area contributed by atoms with Crippen LogP contribution in [0.25, 0.3) is 0 Å². The second-order valence-electron chi connectivity index (χ2n) is 5.41. The Morgan fingerprint density at radius 2 is 1.81 bits per heavy atom. The molecule has 2 heterocycles. The third-order valence-electron chi connectivity index (χ3n) is 3.52. The highest BCUT2D eigenvalue weighted by Crippen LogP contribution is 2.32. The molecule has 0 fully saturated rings. The largest absolute Gasteiger partial charge is 0.492 e. The number of hydrogen-bond acceptors (Lipinski definition) is 5. The molecule has 0 bridgehead atoms. The molecule has 0 aliphatic heterocycles. The van der Waals surface area contributed by atoms with E-state index >= 15 is 0 Å². The monoisotopic (exact) mass is 363 g/mol. The zero-order chi connectivity index (χ0) is 18.6. The number of nitrogens with one attached hydrogen (secondary N) is 1. The van der Waals surface area contributed by atoms with E-state index in [0.29, 0.717) is 24.2 Å². The van der Waals surface area contributed by atoms with E-state index in [0.717, 1.165) is 6.54 Å². The maximum Gasteiger partial charge on any atom is 0.421 e. The summed E-state index contributed by atoms with van der Waals surface area (Å²) in [6, 6.07) is 10.8. The first-order valence-corrected chi connectivity index (χ1v) is 7.72. The van der Waals surface area contributed by atoms with Gasteiger partial charge >= 0.3 is 6.18 Å². The van der Waals surface area contributed by atoms with Crippen molar-refractivity contribution in [2.75, 3.05) is 17.7 Å². The second-order valence-corrected chi connectivity index (χ2v) is 5.41. The number of nitrogen functional groups attached to an aromatic ring is 1. The average Bonchev–Trinajstić information content (AvgIpc) is 3.09. The first-order valence-electron chi connectivity index (χ1n) is 7.72. The number of benzene rings is 1. The van der Waals surface area contributed by atoms with E-state index in [1.54, 1.807) is 24.3 Å². The summed E-state index contributed by atoms with van der Waals surface area (Å²) in [7, 11) is 0. The predicted octanol–water partition coefficient (Wildman–Crippen LogP) is 3.70. The fraction of sp³-hybridized carbons (Fsp3) is 0.176. The van der Waals surface area contributed by atoms with Gasteiger partial charge in [0.15, 0.2) is 0 Å². The Kier molecular flexibility index (Phi) is 4.97. The van der Waals surface area contributed by atoms with Gasteiger partial charge in [0, 0.05) is 24.3 Å². The summed E-state index contributed by atoms with van der Waals surface area (Å²) in [5, 5.41) is 2.80. The summed E-state index contributed by atoms with van der Waals surface area (Å²) in [6.07, 6.45) is -0.0239. The molecule has 3 N–H and O–H groups in total. The lowest BCUT2D eigenvalue weighted by molar-refractivity contribution is -0.137. The minimum atomic E-state index is -4.58. The summed E-state index contributed by atoms with van der Waals surface area (Å²) in [5.41, 5.74) is 4.89. The van der Waals surface area contributed by atoms with Gasteiger partial charge in [-0.05, 0) is 36.4 Å². The number of hydrogen-bond donors (Lipinski definition) is 2. The van der Waals surface area contributed by atoms with Crippen molar-refractivity contribution in [3.63, 3.8) is 0 Å². The van der Waals surface area contributed by atoms with Crippen LogP contribution in [0.1, 0.15) is 5.56 Å². The van der Waals surface area contributed by atoms with Crippen molar-refractivity contribution in [3.05, 3.63) is 60.6 Å². The minimum absolute atomic E-state index is 0.0169. The van der Waals surface area contributed by atoms with Crippen molar-refractivity contribution in [2.24, 2.45) is 0 Å². The van der Waals surface area contributed by atoms with Gasteiger partial charge in [0.1, 0.15) is 23.7 Å². The van der Waals surface area contributed by atoms with Gasteiger partial charge in [-0.2, -0.15) is 18.2 Å². The van der Waals surface area contributed by atoms with Crippen molar-refractivity contribution < 1.29 is 17.9 Å². The number of anilines is 3. The van der Waals surface area contributed by atoms with E-state index in [1.807, 2.05) is 29.1 Å². The van der Waals surface area contributed by atoms with Crippen LogP contribution in [0.5, 0.6) is 5.75 Å². The van der Waals surface area contributed by atoms with Gasteiger partial charge in [-0.3, -0.25) is 0 Å². The molecule has 0 radical (unpaired) electrons. The van der Waals surface area contributed by atoms with Gasteiger partial charge in [0.2, 0.25) is 5.95 Å². The van der Waals surface area contributed by atoms with Crippen LogP contribution >= 0.6 is 0 Å². The van der Waals surface area contributed by atoms with Gasteiger partial charge in [-0.1, -0.05) is 0 Å². The van der Waals surface area contributed by atoms with Gasteiger partial charge in [0.05, 0.1) is 6.54 Å². The molecule has 0 saturated carbocycles. The van der Waals surface area contributed by atoms with Gasteiger partial charge < -0.3 is 20.4 Å². The molecule has 0 aliphatic rings. The third kappa shape index (κ3) is 4.44. The lowest BCUT2D eigenvalue weighted by Gasteiger charge is -2.11. The number of nitrogens with zero attached hydrogens (tertiary/aromatic N) is 3. The Bertz CT molecular complexity index is 848. The van der Waals surface area contributed by atoms with Crippen LogP contribution in [-0.2, 0) is 12.7 Å². The number of aromatic nitrogens is 3. The first-order chi connectivity index (χ1) is 12.4. The summed E-state index contributed by atoms with van der Waals surface area (Å²) >= 11 is 0. The average molecular weight is 363 g/mol. The van der Waals surface area contributed by atoms with Crippen LogP contribution in [0.3, 0.4) is 0 Å². The molecule has 3 aromatic rings. The molecule has 1 aromatic carbocycles. The molecule has 3 rings (SSSR count). The van der Waals surface area contributed by atoms with E-state index in [4.69, 9.17) is 10.5 Å².